The third-order valence-corrected chi connectivity index (χ3v) is 3.61. The summed E-state index contributed by atoms with van der Waals surface area (Å²) in [5.74, 6) is -0.712. The molecule has 0 radical (unpaired) electrons. The van der Waals surface area contributed by atoms with Crippen LogP contribution >= 0.6 is 11.6 Å². The molecule has 2 rings (SSSR count). The number of hydrogen-bond acceptors (Lipinski definition) is 4. The van der Waals surface area contributed by atoms with Crippen molar-refractivity contribution >= 4 is 23.2 Å². The van der Waals surface area contributed by atoms with Crippen LogP contribution in [0.15, 0.2) is 18.2 Å². The van der Waals surface area contributed by atoms with Crippen LogP contribution in [0.3, 0.4) is 0 Å². The molecule has 1 heterocycles. The zero-order chi connectivity index (χ0) is 14.7. The first-order valence-corrected chi connectivity index (χ1v) is 6.54. The normalized spacial score (nSPS) is 18.4. The van der Waals surface area contributed by atoms with E-state index in [-0.39, 0.29) is 28.7 Å². The number of nitro groups is 1. The zero-order valence-corrected chi connectivity index (χ0v) is 11.3. The predicted molar refractivity (Wildman–Crippen MR) is 72.3 cm³/mol. The van der Waals surface area contributed by atoms with Crippen LogP contribution < -0.4 is 0 Å². The second-order valence-corrected chi connectivity index (χ2v) is 5.02. The Morgan fingerprint density at radius 2 is 2.30 bits per heavy atom. The Labute approximate surface area is 120 Å². The third kappa shape index (κ3) is 2.73. The van der Waals surface area contributed by atoms with Crippen molar-refractivity contribution in [3.05, 3.63) is 38.9 Å². The highest BCUT2D eigenvalue weighted by Gasteiger charge is 2.30. The SMILES string of the molecule is N#CC1CCCN(C(=O)c2c(Cl)cccc2[N+](=O)[O-])C1. The molecule has 0 N–H and O–H groups in total. The van der Waals surface area contributed by atoms with Gasteiger partial charge in [-0.25, -0.2) is 0 Å². The molecule has 0 bridgehead atoms. The lowest BCUT2D eigenvalue weighted by Gasteiger charge is -2.29. The molecule has 1 atom stereocenters. The van der Waals surface area contributed by atoms with E-state index >= 15 is 0 Å². The molecule has 6 nitrogen and oxygen atoms in total. The number of piperidine rings is 1. The molecule has 0 aliphatic carbocycles. The van der Waals surface area contributed by atoms with Crippen molar-refractivity contribution in [2.24, 2.45) is 5.92 Å². The van der Waals surface area contributed by atoms with Gasteiger partial charge in [-0.15, -0.1) is 0 Å². The minimum atomic E-state index is -0.620. The summed E-state index contributed by atoms with van der Waals surface area (Å²) in [6.07, 6.45) is 1.45. The van der Waals surface area contributed by atoms with Gasteiger partial charge in [-0.1, -0.05) is 17.7 Å². The van der Waals surface area contributed by atoms with E-state index in [2.05, 4.69) is 6.07 Å². The maximum atomic E-state index is 12.4. The second-order valence-electron chi connectivity index (χ2n) is 4.61. The average molecular weight is 294 g/mol. The molecule has 1 amide bonds. The lowest BCUT2D eigenvalue weighted by atomic mass is 9.98. The van der Waals surface area contributed by atoms with Crippen LogP contribution in [0, 0.1) is 27.4 Å². The molecule has 1 aliphatic heterocycles. The van der Waals surface area contributed by atoms with Crippen molar-refractivity contribution in [1.82, 2.24) is 4.90 Å². The molecule has 1 saturated heterocycles. The van der Waals surface area contributed by atoms with E-state index in [1.807, 2.05) is 0 Å². The van der Waals surface area contributed by atoms with Gasteiger partial charge in [-0.2, -0.15) is 5.26 Å². The number of amides is 1. The smallest absolute Gasteiger partial charge is 0.283 e. The Hall–Kier alpha value is -2.13. The summed E-state index contributed by atoms with van der Waals surface area (Å²) in [5.41, 5.74) is -0.403. The lowest BCUT2D eigenvalue weighted by Crippen LogP contribution is -2.39. The van der Waals surface area contributed by atoms with Gasteiger partial charge >= 0.3 is 0 Å². The first-order valence-electron chi connectivity index (χ1n) is 6.16. The van der Waals surface area contributed by atoms with Gasteiger partial charge in [0, 0.05) is 19.2 Å². The second kappa shape index (κ2) is 5.88. The predicted octanol–water partition coefficient (Wildman–Crippen LogP) is 2.62. The number of likely N-dealkylation sites (tertiary alicyclic amines) is 1. The molecular weight excluding hydrogens is 282 g/mol. The summed E-state index contributed by atoms with van der Waals surface area (Å²) in [5, 5.41) is 20.0. The van der Waals surface area contributed by atoms with E-state index in [0.29, 0.717) is 13.0 Å². The van der Waals surface area contributed by atoms with Crippen LogP contribution in [0.1, 0.15) is 23.2 Å². The molecule has 1 fully saturated rings. The molecule has 1 aliphatic rings. The van der Waals surface area contributed by atoms with Crippen molar-refractivity contribution < 1.29 is 9.72 Å². The van der Waals surface area contributed by atoms with Gasteiger partial charge in [-0.3, -0.25) is 14.9 Å². The summed E-state index contributed by atoms with van der Waals surface area (Å²) < 4.78 is 0. The van der Waals surface area contributed by atoms with E-state index in [9.17, 15) is 14.9 Å². The Kier molecular flexibility index (Phi) is 4.20. The highest BCUT2D eigenvalue weighted by atomic mass is 35.5. The van der Waals surface area contributed by atoms with Crippen molar-refractivity contribution in [3.8, 4) is 6.07 Å². The van der Waals surface area contributed by atoms with Gasteiger partial charge in [0.15, 0.2) is 0 Å². The number of benzene rings is 1. The maximum absolute atomic E-state index is 12.4. The zero-order valence-electron chi connectivity index (χ0n) is 10.6. The van der Waals surface area contributed by atoms with Gasteiger partial charge in [0.1, 0.15) is 5.56 Å². The van der Waals surface area contributed by atoms with Crippen LogP contribution in [0.25, 0.3) is 0 Å². The van der Waals surface area contributed by atoms with E-state index < -0.39 is 10.8 Å². The summed E-state index contributed by atoms with van der Waals surface area (Å²) in [7, 11) is 0. The Morgan fingerprint density at radius 1 is 1.55 bits per heavy atom. The van der Waals surface area contributed by atoms with Crippen LogP contribution in [0.4, 0.5) is 5.69 Å². The van der Waals surface area contributed by atoms with Crippen molar-refractivity contribution in [2.45, 2.75) is 12.8 Å². The van der Waals surface area contributed by atoms with Crippen LogP contribution in [-0.4, -0.2) is 28.8 Å². The lowest BCUT2D eigenvalue weighted by molar-refractivity contribution is -0.385. The number of nitro benzene ring substituents is 1. The van der Waals surface area contributed by atoms with E-state index in [4.69, 9.17) is 16.9 Å². The number of halogens is 1. The first kappa shape index (κ1) is 14.3. The third-order valence-electron chi connectivity index (χ3n) is 3.29. The molecule has 0 saturated carbocycles. The minimum absolute atomic E-state index is 0.0586. The molecule has 0 spiro atoms. The molecule has 0 aromatic heterocycles. The number of nitriles is 1. The molecule has 7 heteroatoms. The Bertz CT molecular complexity index is 597. The van der Waals surface area contributed by atoms with E-state index in [1.54, 1.807) is 0 Å². The van der Waals surface area contributed by atoms with Gasteiger partial charge in [-0.05, 0) is 18.9 Å². The fraction of sp³-hybridized carbons (Fsp3) is 0.385. The van der Waals surface area contributed by atoms with Crippen molar-refractivity contribution in [3.63, 3.8) is 0 Å². The summed E-state index contributed by atoms with van der Waals surface area (Å²) in [6, 6.07) is 6.27. The topological polar surface area (TPSA) is 87.2 Å². The number of hydrogen-bond donors (Lipinski definition) is 0. The molecule has 1 aromatic rings. The Morgan fingerprint density at radius 3 is 2.95 bits per heavy atom. The highest BCUT2D eigenvalue weighted by Crippen LogP contribution is 2.29. The van der Waals surface area contributed by atoms with Gasteiger partial charge in [0.2, 0.25) is 0 Å². The fourth-order valence-corrected chi connectivity index (χ4v) is 2.55. The van der Waals surface area contributed by atoms with E-state index in [1.165, 1.54) is 23.1 Å². The molecular formula is C13H12ClN3O3. The molecule has 20 heavy (non-hydrogen) atoms. The number of rotatable bonds is 2. The van der Waals surface area contributed by atoms with Crippen molar-refractivity contribution in [2.75, 3.05) is 13.1 Å². The van der Waals surface area contributed by atoms with Gasteiger partial charge < -0.3 is 4.90 Å². The van der Waals surface area contributed by atoms with Crippen molar-refractivity contribution in [1.29, 1.82) is 5.26 Å². The molecule has 1 unspecified atom stereocenters. The molecule has 1 aromatic carbocycles. The maximum Gasteiger partial charge on any atom is 0.283 e. The number of carbonyl (C=O) groups is 1. The summed E-state index contributed by atoms with van der Waals surface area (Å²) in [4.78, 5) is 24.3. The molecule has 104 valence electrons. The average Bonchev–Trinajstić information content (AvgIpc) is 2.46. The fourth-order valence-electron chi connectivity index (χ4n) is 2.30. The Balaban J connectivity index is 2.34. The first-order chi connectivity index (χ1) is 9.54. The van der Waals surface area contributed by atoms with Crippen LogP contribution in [0.5, 0.6) is 0 Å². The largest absolute Gasteiger partial charge is 0.337 e. The monoisotopic (exact) mass is 293 g/mol. The van der Waals surface area contributed by atoms with Crippen LogP contribution in [0.2, 0.25) is 5.02 Å². The minimum Gasteiger partial charge on any atom is -0.337 e. The van der Waals surface area contributed by atoms with E-state index in [0.717, 1.165) is 6.42 Å². The summed E-state index contributed by atoms with van der Waals surface area (Å²) in [6.45, 7) is 0.775. The number of nitrogens with zero attached hydrogens (tertiary/aromatic N) is 3. The van der Waals surface area contributed by atoms with Gasteiger partial charge in [0.05, 0.1) is 21.9 Å². The quantitative estimate of drug-likeness (QED) is 0.619. The van der Waals surface area contributed by atoms with Gasteiger partial charge in [0.25, 0.3) is 11.6 Å². The standard InChI is InChI=1S/C13H12ClN3O3/c14-10-4-1-5-11(17(19)20)12(10)13(18)16-6-2-3-9(7-15)8-16/h1,4-5,9H,2-3,6,8H2. The summed E-state index contributed by atoms with van der Waals surface area (Å²) >= 11 is 5.94. The van der Waals surface area contributed by atoms with Crippen LogP contribution in [-0.2, 0) is 0 Å². The number of carbonyl (C=O) groups excluding carboxylic acids is 1. The highest BCUT2D eigenvalue weighted by molar-refractivity contribution is 6.34.